The molecule has 0 amide bonds. The second-order valence-electron chi connectivity index (χ2n) is 5.12. The first-order valence-electron chi connectivity index (χ1n) is 6.40. The van der Waals surface area contributed by atoms with Crippen LogP contribution in [0.15, 0.2) is 18.2 Å². The quantitative estimate of drug-likeness (QED) is 0.894. The van der Waals surface area contributed by atoms with Gasteiger partial charge in [-0.05, 0) is 37.1 Å². The number of halogens is 1. The Hall–Kier alpha value is -1.13. The normalized spacial score (nSPS) is 25.1. The van der Waals surface area contributed by atoms with E-state index in [1.807, 2.05) is 0 Å². The van der Waals surface area contributed by atoms with Crippen LogP contribution < -0.4 is 10.5 Å². The molecule has 100 valence electrons. The second-order valence-corrected chi connectivity index (χ2v) is 5.12. The Kier molecular flexibility index (Phi) is 4.19. The minimum atomic E-state index is -0.222. The molecule has 0 aromatic heterocycles. The number of ether oxygens (including phenoxy) is 1. The fourth-order valence-corrected chi connectivity index (χ4v) is 2.42. The summed E-state index contributed by atoms with van der Waals surface area (Å²) >= 11 is 0. The molecule has 2 N–H and O–H groups in total. The zero-order valence-corrected chi connectivity index (χ0v) is 11.0. The van der Waals surface area contributed by atoms with Crippen molar-refractivity contribution in [3.63, 3.8) is 0 Å². The maximum atomic E-state index is 13.3. The average molecular weight is 252 g/mol. The lowest BCUT2D eigenvalue weighted by Crippen LogP contribution is -2.47. The number of piperidine rings is 1. The van der Waals surface area contributed by atoms with E-state index >= 15 is 0 Å². The van der Waals surface area contributed by atoms with Crippen LogP contribution >= 0.6 is 0 Å². The highest BCUT2D eigenvalue weighted by atomic mass is 19.1. The summed E-state index contributed by atoms with van der Waals surface area (Å²) in [6.45, 7) is 4.75. The lowest BCUT2D eigenvalue weighted by molar-refractivity contribution is 0.160. The molecule has 0 saturated carbocycles. The van der Waals surface area contributed by atoms with Crippen molar-refractivity contribution >= 4 is 0 Å². The van der Waals surface area contributed by atoms with Crippen LogP contribution in [-0.4, -0.2) is 31.1 Å². The molecule has 1 saturated heterocycles. The van der Waals surface area contributed by atoms with Gasteiger partial charge in [0.1, 0.15) is 11.6 Å². The van der Waals surface area contributed by atoms with Crippen LogP contribution in [0.3, 0.4) is 0 Å². The van der Waals surface area contributed by atoms with Crippen molar-refractivity contribution < 1.29 is 9.13 Å². The van der Waals surface area contributed by atoms with E-state index in [4.69, 9.17) is 10.5 Å². The lowest BCUT2D eigenvalue weighted by Gasteiger charge is -2.35. The molecule has 0 bridgehead atoms. The smallest absolute Gasteiger partial charge is 0.123 e. The summed E-state index contributed by atoms with van der Waals surface area (Å²) in [6.07, 6.45) is 1.10. The Bertz CT molecular complexity index is 411. The molecule has 1 aliphatic heterocycles. The van der Waals surface area contributed by atoms with Gasteiger partial charge in [0, 0.05) is 24.7 Å². The topological polar surface area (TPSA) is 38.5 Å². The molecule has 0 aliphatic carbocycles. The third-order valence-corrected chi connectivity index (χ3v) is 3.74. The molecule has 1 fully saturated rings. The maximum absolute atomic E-state index is 13.3. The van der Waals surface area contributed by atoms with Gasteiger partial charge in [0.05, 0.1) is 7.11 Å². The fourth-order valence-electron chi connectivity index (χ4n) is 2.42. The lowest BCUT2D eigenvalue weighted by atomic mass is 9.94. The average Bonchev–Trinajstić information content (AvgIpc) is 2.34. The molecule has 2 rings (SSSR count). The van der Waals surface area contributed by atoms with Crippen LogP contribution in [0.4, 0.5) is 4.39 Å². The highest BCUT2D eigenvalue weighted by molar-refractivity contribution is 5.33. The molecular weight excluding hydrogens is 231 g/mol. The van der Waals surface area contributed by atoms with Crippen LogP contribution in [0.2, 0.25) is 0 Å². The van der Waals surface area contributed by atoms with Crippen LogP contribution in [0.5, 0.6) is 5.75 Å². The predicted molar refractivity (Wildman–Crippen MR) is 70.0 cm³/mol. The molecule has 0 spiro atoms. The minimum Gasteiger partial charge on any atom is -0.496 e. The van der Waals surface area contributed by atoms with E-state index in [1.54, 1.807) is 19.2 Å². The van der Waals surface area contributed by atoms with Crippen molar-refractivity contribution in [2.75, 3.05) is 20.2 Å². The highest BCUT2D eigenvalue weighted by Crippen LogP contribution is 2.23. The van der Waals surface area contributed by atoms with Crippen LogP contribution in [0.25, 0.3) is 0 Å². The molecule has 1 aliphatic rings. The van der Waals surface area contributed by atoms with E-state index < -0.39 is 0 Å². The van der Waals surface area contributed by atoms with Crippen molar-refractivity contribution in [1.29, 1.82) is 0 Å². The van der Waals surface area contributed by atoms with Gasteiger partial charge >= 0.3 is 0 Å². The van der Waals surface area contributed by atoms with Crippen molar-refractivity contribution in [3.05, 3.63) is 29.6 Å². The molecular formula is C14H21FN2O. The molecule has 0 radical (unpaired) electrons. The predicted octanol–water partition coefficient (Wildman–Crippen LogP) is 2.00. The van der Waals surface area contributed by atoms with E-state index in [9.17, 15) is 4.39 Å². The van der Waals surface area contributed by atoms with Crippen molar-refractivity contribution in [1.82, 2.24) is 4.90 Å². The summed E-state index contributed by atoms with van der Waals surface area (Å²) in [5.74, 6) is 1.08. The highest BCUT2D eigenvalue weighted by Gasteiger charge is 2.23. The van der Waals surface area contributed by atoms with Crippen LogP contribution in [0.1, 0.15) is 18.9 Å². The van der Waals surface area contributed by atoms with Gasteiger partial charge in [-0.15, -0.1) is 0 Å². The summed E-state index contributed by atoms with van der Waals surface area (Å²) in [6, 6.07) is 4.85. The first-order chi connectivity index (χ1) is 8.60. The minimum absolute atomic E-state index is 0.207. The number of rotatable bonds is 3. The zero-order chi connectivity index (χ0) is 13.1. The molecule has 3 nitrogen and oxygen atoms in total. The fraction of sp³-hybridized carbons (Fsp3) is 0.571. The Morgan fingerprint density at radius 2 is 2.28 bits per heavy atom. The van der Waals surface area contributed by atoms with Gasteiger partial charge in [-0.3, -0.25) is 4.90 Å². The third kappa shape index (κ3) is 3.00. The van der Waals surface area contributed by atoms with Gasteiger partial charge in [-0.2, -0.15) is 0 Å². The van der Waals surface area contributed by atoms with Crippen LogP contribution in [0, 0.1) is 11.7 Å². The standard InChI is InChI=1S/C14H21FN2O/c1-10-5-6-17(9-13(10)16)8-11-7-12(15)3-4-14(11)18-2/h3-4,7,10,13H,5-6,8-9,16H2,1-2H3. The number of likely N-dealkylation sites (tertiary alicyclic amines) is 1. The van der Waals surface area contributed by atoms with Gasteiger partial charge in [0.2, 0.25) is 0 Å². The molecule has 1 aromatic rings. The molecule has 18 heavy (non-hydrogen) atoms. The molecule has 4 heteroatoms. The third-order valence-electron chi connectivity index (χ3n) is 3.74. The number of nitrogens with two attached hydrogens (primary N) is 1. The van der Waals surface area contributed by atoms with Gasteiger partial charge in [0.15, 0.2) is 0 Å². The number of benzene rings is 1. The number of methoxy groups -OCH3 is 1. The first kappa shape index (κ1) is 13.3. The van der Waals surface area contributed by atoms with E-state index in [-0.39, 0.29) is 11.9 Å². The van der Waals surface area contributed by atoms with Gasteiger partial charge in [-0.1, -0.05) is 6.92 Å². The summed E-state index contributed by atoms with van der Waals surface area (Å²) in [4.78, 5) is 2.27. The SMILES string of the molecule is COc1ccc(F)cc1CN1CCC(C)C(N)C1. The van der Waals surface area contributed by atoms with E-state index in [1.165, 1.54) is 6.07 Å². The summed E-state index contributed by atoms with van der Waals surface area (Å²) in [5.41, 5.74) is 6.96. The summed E-state index contributed by atoms with van der Waals surface area (Å²) in [5, 5.41) is 0. The Morgan fingerprint density at radius 1 is 1.50 bits per heavy atom. The van der Waals surface area contributed by atoms with Crippen molar-refractivity contribution in [2.24, 2.45) is 11.7 Å². The van der Waals surface area contributed by atoms with Crippen molar-refractivity contribution in [2.45, 2.75) is 25.9 Å². The van der Waals surface area contributed by atoms with Crippen LogP contribution in [-0.2, 0) is 6.54 Å². The number of hydrogen-bond donors (Lipinski definition) is 1. The Morgan fingerprint density at radius 3 is 2.94 bits per heavy atom. The summed E-state index contributed by atoms with van der Waals surface area (Å²) in [7, 11) is 1.61. The van der Waals surface area contributed by atoms with E-state index in [0.29, 0.717) is 12.5 Å². The zero-order valence-electron chi connectivity index (χ0n) is 11.0. The van der Waals surface area contributed by atoms with E-state index in [0.717, 1.165) is 30.8 Å². The van der Waals surface area contributed by atoms with Gasteiger partial charge in [-0.25, -0.2) is 4.39 Å². The molecule has 2 atom stereocenters. The van der Waals surface area contributed by atoms with Crippen molar-refractivity contribution in [3.8, 4) is 5.75 Å². The molecule has 1 aromatic carbocycles. The van der Waals surface area contributed by atoms with E-state index in [2.05, 4.69) is 11.8 Å². The number of nitrogens with zero attached hydrogens (tertiary/aromatic N) is 1. The largest absolute Gasteiger partial charge is 0.496 e. The summed E-state index contributed by atoms with van der Waals surface area (Å²) < 4.78 is 18.5. The Labute approximate surface area is 108 Å². The first-order valence-corrected chi connectivity index (χ1v) is 6.40. The number of hydrogen-bond acceptors (Lipinski definition) is 3. The Balaban J connectivity index is 2.07. The van der Waals surface area contributed by atoms with Gasteiger partial charge < -0.3 is 10.5 Å². The van der Waals surface area contributed by atoms with Gasteiger partial charge in [0.25, 0.3) is 0 Å². The second kappa shape index (κ2) is 5.67. The molecule has 1 heterocycles. The molecule has 2 unspecified atom stereocenters. The monoisotopic (exact) mass is 252 g/mol. The maximum Gasteiger partial charge on any atom is 0.123 e.